The molecule has 11 heavy (non-hydrogen) atoms. The van der Waals surface area contributed by atoms with Crippen LogP contribution in [0.2, 0.25) is 0 Å². The normalized spacial score (nSPS) is 9.73. The van der Waals surface area contributed by atoms with Crippen molar-refractivity contribution >= 4 is 0 Å². The van der Waals surface area contributed by atoms with Crippen LogP contribution in [0.5, 0.6) is 5.75 Å². The largest absolute Gasteiger partial charge is 0.618 e. The van der Waals surface area contributed by atoms with Crippen molar-refractivity contribution in [1.82, 2.24) is 0 Å². The van der Waals surface area contributed by atoms with Crippen molar-refractivity contribution in [1.29, 1.82) is 0 Å². The van der Waals surface area contributed by atoms with Crippen LogP contribution in [0.1, 0.15) is 11.3 Å². The van der Waals surface area contributed by atoms with Crippen LogP contribution in [0, 0.1) is 19.1 Å². The van der Waals surface area contributed by atoms with E-state index in [4.69, 9.17) is 5.90 Å². The van der Waals surface area contributed by atoms with Crippen LogP contribution >= 0.6 is 0 Å². The second kappa shape index (κ2) is 2.75. The van der Waals surface area contributed by atoms with Gasteiger partial charge in [0.1, 0.15) is 0 Å². The molecule has 0 saturated heterocycles. The molecular formula is C7H10N2O2. The zero-order valence-electron chi connectivity index (χ0n) is 6.50. The highest BCUT2D eigenvalue weighted by atomic mass is 16.6. The molecule has 4 heteroatoms. The first-order chi connectivity index (χ1) is 5.16. The van der Waals surface area contributed by atoms with Crippen molar-refractivity contribution < 1.29 is 9.57 Å². The van der Waals surface area contributed by atoms with Crippen LogP contribution in [-0.2, 0) is 0 Å². The number of hydrogen-bond donors (Lipinski definition) is 1. The molecule has 1 aromatic heterocycles. The Kier molecular flexibility index (Phi) is 1.96. The first-order valence-electron chi connectivity index (χ1n) is 3.23. The molecule has 1 rings (SSSR count). The number of nitrogens with zero attached hydrogens (tertiary/aromatic N) is 1. The minimum Gasteiger partial charge on any atom is -0.618 e. The minimum atomic E-state index is 0.537. The fourth-order valence-electron chi connectivity index (χ4n) is 0.843. The summed E-state index contributed by atoms with van der Waals surface area (Å²) >= 11 is 0. The number of rotatable bonds is 1. The molecule has 0 aliphatic carbocycles. The van der Waals surface area contributed by atoms with Crippen LogP contribution in [0.3, 0.4) is 0 Å². The van der Waals surface area contributed by atoms with E-state index in [1.807, 2.05) is 0 Å². The number of aromatic nitrogens is 1. The van der Waals surface area contributed by atoms with Gasteiger partial charge >= 0.3 is 0 Å². The predicted molar refractivity (Wildman–Crippen MR) is 39.7 cm³/mol. The van der Waals surface area contributed by atoms with E-state index in [9.17, 15) is 5.21 Å². The van der Waals surface area contributed by atoms with E-state index >= 15 is 0 Å². The summed E-state index contributed by atoms with van der Waals surface area (Å²) in [6.07, 6.45) is 1.37. The monoisotopic (exact) mass is 154 g/mol. The third-order valence-electron chi connectivity index (χ3n) is 1.73. The smallest absolute Gasteiger partial charge is 0.196 e. The molecule has 0 spiro atoms. The average Bonchev–Trinajstić information content (AvgIpc) is 2.01. The van der Waals surface area contributed by atoms with Gasteiger partial charge < -0.3 is 10.0 Å². The van der Waals surface area contributed by atoms with E-state index in [1.54, 1.807) is 13.8 Å². The molecule has 0 saturated carbocycles. The lowest BCUT2D eigenvalue weighted by atomic mass is 10.2. The van der Waals surface area contributed by atoms with Crippen molar-refractivity contribution in [2.75, 3.05) is 0 Å². The van der Waals surface area contributed by atoms with E-state index in [1.165, 1.54) is 12.3 Å². The minimum absolute atomic E-state index is 0.537. The van der Waals surface area contributed by atoms with Crippen LogP contribution < -0.4 is 15.5 Å². The molecule has 0 aliphatic rings. The molecule has 4 nitrogen and oxygen atoms in total. The Bertz CT molecular complexity index is 273. The molecule has 0 atom stereocenters. The Balaban J connectivity index is 3.25. The lowest BCUT2D eigenvalue weighted by molar-refractivity contribution is -0.612. The molecule has 2 N–H and O–H groups in total. The fourth-order valence-corrected chi connectivity index (χ4v) is 0.843. The summed E-state index contributed by atoms with van der Waals surface area (Å²) in [6, 6.07) is 1.54. The van der Waals surface area contributed by atoms with Gasteiger partial charge in [0.25, 0.3) is 0 Å². The van der Waals surface area contributed by atoms with Crippen molar-refractivity contribution in [3.05, 3.63) is 28.7 Å². The first kappa shape index (κ1) is 7.81. The van der Waals surface area contributed by atoms with E-state index in [-0.39, 0.29) is 0 Å². The Labute approximate surface area is 64.7 Å². The fraction of sp³-hybridized carbons (Fsp3) is 0.286. The predicted octanol–water partition coefficient (Wildman–Crippen LogP) is 0.189. The summed E-state index contributed by atoms with van der Waals surface area (Å²) in [7, 11) is 0. The Morgan fingerprint density at radius 1 is 1.55 bits per heavy atom. The standard InChI is InChI=1S/C7H10N2O2/c1-5-6(2)9(10)4-3-7(5)11-8/h3-4H,8H2,1-2H3. The summed E-state index contributed by atoms with van der Waals surface area (Å²) in [6.45, 7) is 3.50. The van der Waals surface area contributed by atoms with Crippen LogP contribution in [0.15, 0.2) is 12.3 Å². The molecular weight excluding hydrogens is 144 g/mol. The molecule has 0 radical (unpaired) electrons. The summed E-state index contributed by atoms with van der Waals surface area (Å²) < 4.78 is 0.776. The lowest BCUT2D eigenvalue weighted by Crippen LogP contribution is -2.30. The van der Waals surface area contributed by atoms with Gasteiger partial charge in [-0.15, -0.1) is 0 Å². The molecule has 1 heterocycles. The molecule has 0 amide bonds. The Morgan fingerprint density at radius 3 is 2.73 bits per heavy atom. The molecule has 0 fully saturated rings. The van der Waals surface area contributed by atoms with E-state index in [0.29, 0.717) is 11.4 Å². The zero-order chi connectivity index (χ0) is 8.43. The summed E-state index contributed by atoms with van der Waals surface area (Å²) in [4.78, 5) is 4.53. The third-order valence-corrected chi connectivity index (χ3v) is 1.73. The van der Waals surface area contributed by atoms with Gasteiger partial charge in [-0.2, -0.15) is 10.6 Å². The maximum atomic E-state index is 10.9. The zero-order valence-corrected chi connectivity index (χ0v) is 6.50. The van der Waals surface area contributed by atoms with Crippen LogP contribution in [-0.4, -0.2) is 0 Å². The SMILES string of the molecule is Cc1c(ON)cc[n+]([O-])c1C. The van der Waals surface area contributed by atoms with Gasteiger partial charge in [-0.25, -0.2) is 0 Å². The van der Waals surface area contributed by atoms with Crippen LogP contribution in [0.4, 0.5) is 0 Å². The van der Waals surface area contributed by atoms with E-state index < -0.39 is 0 Å². The number of pyridine rings is 1. The summed E-state index contributed by atoms with van der Waals surface area (Å²) in [5.41, 5.74) is 1.37. The highest BCUT2D eigenvalue weighted by molar-refractivity contribution is 5.30. The highest BCUT2D eigenvalue weighted by Crippen LogP contribution is 2.15. The molecule has 0 bridgehead atoms. The van der Waals surface area contributed by atoms with Gasteiger partial charge in [-0.3, -0.25) is 0 Å². The van der Waals surface area contributed by atoms with E-state index in [0.717, 1.165) is 10.3 Å². The Hall–Kier alpha value is -1.29. The van der Waals surface area contributed by atoms with Crippen LogP contribution in [0.25, 0.3) is 0 Å². The van der Waals surface area contributed by atoms with Crippen molar-refractivity contribution in [2.24, 2.45) is 5.90 Å². The maximum Gasteiger partial charge on any atom is 0.196 e. The van der Waals surface area contributed by atoms with E-state index in [2.05, 4.69) is 4.84 Å². The second-order valence-electron chi connectivity index (χ2n) is 2.33. The number of nitrogens with two attached hydrogens (primary N) is 1. The molecule has 0 aliphatic heterocycles. The summed E-state index contributed by atoms with van der Waals surface area (Å²) in [5, 5.41) is 10.9. The highest BCUT2D eigenvalue weighted by Gasteiger charge is 2.08. The van der Waals surface area contributed by atoms with Gasteiger partial charge in [-0.05, 0) is 6.92 Å². The molecule has 60 valence electrons. The molecule has 0 unspecified atom stereocenters. The average molecular weight is 154 g/mol. The number of hydrogen-bond acceptors (Lipinski definition) is 3. The first-order valence-corrected chi connectivity index (χ1v) is 3.23. The van der Waals surface area contributed by atoms with Crippen molar-refractivity contribution in [3.8, 4) is 5.75 Å². The topological polar surface area (TPSA) is 62.2 Å². The van der Waals surface area contributed by atoms with Gasteiger partial charge in [0.2, 0.25) is 0 Å². The van der Waals surface area contributed by atoms with Crippen molar-refractivity contribution in [3.63, 3.8) is 0 Å². The maximum absolute atomic E-state index is 10.9. The molecule has 0 aromatic carbocycles. The quantitative estimate of drug-likeness (QED) is 0.357. The molecule has 1 aromatic rings. The van der Waals surface area contributed by atoms with Gasteiger partial charge in [0.15, 0.2) is 17.6 Å². The third kappa shape index (κ3) is 1.25. The summed E-state index contributed by atoms with van der Waals surface area (Å²) in [5.74, 6) is 5.49. The Morgan fingerprint density at radius 2 is 2.18 bits per heavy atom. The van der Waals surface area contributed by atoms with Gasteiger partial charge in [0.05, 0.1) is 5.56 Å². The van der Waals surface area contributed by atoms with Gasteiger partial charge in [-0.1, -0.05) is 0 Å². The second-order valence-corrected chi connectivity index (χ2v) is 2.33. The lowest BCUT2D eigenvalue weighted by Gasteiger charge is -2.05. The van der Waals surface area contributed by atoms with Gasteiger partial charge in [0, 0.05) is 13.0 Å². The van der Waals surface area contributed by atoms with Crippen molar-refractivity contribution in [2.45, 2.75) is 13.8 Å².